The van der Waals surface area contributed by atoms with Crippen molar-refractivity contribution in [3.8, 4) is 0 Å². The van der Waals surface area contributed by atoms with E-state index in [0.29, 0.717) is 0 Å². The van der Waals surface area contributed by atoms with Crippen molar-refractivity contribution in [3.05, 3.63) is 40.8 Å². The van der Waals surface area contributed by atoms with Gasteiger partial charge in [-0.05, 0) is 11.6 Å². The number of rotatable bonds is 1. The second-order valence-electron chi connectivity index (χ2n) is 1.69. The average Bonchev–Trinajstić information content (AvgIpc) is 2.08. The molecule has 0 unspecified atom stereocenters. The molecule has 2 nitrogen and oxygen atoms in total. The van der Waals surface area contributed by atoms with Gasteiger partial charge in [-0.25, -0.2) is 0 Å². The highest BCUT2D eigenvalue weighted by molar-refractivity contribution is 5.44. The zero-order chi connectivity index (χ0) is 8.69. The third kappa shape index (κ3) is 3.40. The second kappa shape index (κ2) is 5.47. The average molecular weight is 151 g/mol. The number of H-pyrrole nitrogens is 1. The molecule has 1 aromatic heterocycles. The van der Waals surface area contributed by atoms with Crippen molar-refractivity contribution < 1.29 is 0 Å². The maximum atomic E-state index is 10.5. The maximum Gasteiger partial charge on any atom is 0.248 e. The van der Waals surface area contributed by atoms with Crippen LogP contribution in [0.5, 0.6) is 0 Å². The zero-order valence-electron chi connectivity index (χ0n) is 6.92. The van der Waals surface area contributed by atoms with Crippen molar-refractivity contribution in [2.24, 2.45) is 0 Å². The van der Waals surface area contributed by atoms with Gasteiger partial charge in [-0.3, -0.25) is 4.79 Å². The molecule has 1 aromatic rings. The van der Waals surface area contributed by atoms with Crippen LogP contribution in [0.1, 0.15) is 19.4 Å². The van der Waals surface area contributed by atoms with Gasteiger partial charge in [0.15, 0.2) is 0 Å². The van der Waals surface area contributed by atoms with Gasteiger partial charge in [0, 0.05) is 12.3 Å². The molecule has 0 aliphatic heterocycles. The van der Waals surface area contributed by atoms with Crippen LogP contribution in [0.4, 0.5) is 0 Å². The highest BCUT2D eigenvalue weighted by atomic mass is 16.1. The Labute approximate surface area is 66.6 Å². The fourth-order valence-electron chi connectivity index (χ4n) is 0.588. The Morgan fingerprint density at radius 2 is 2.18 bits per heavy atom. The molecule has 0 bridgehead atoms. The lowest BCUT2D eigenvalue weighted by atomic mass is 10.3. The first-order valence-electron chi connectivity index (χ1n) is 3.64. The molecule has 60 valence electrons. The van der Waals surface area contributed by atoms with Gasteiger partial charge in [-0.1, -0.05) is 26.5 Å². The van der Waals surface area contributed by atoms with Crippen molar-refractivity contribution in [1.29, 1.82) is 0 Å². The molecule has 2 heteroatoms. The Balaban J connectivity index is 0.000000461. The monoisotopic (exact) mass is 151 g/mol. The van der Waals surface area contributed by atoms with Crippen LogP contribution in [-0.4, -0.2) is 4.98 Å². The summed E-state index contributed by atoms with van der Waals surface area (Å²) >= 11 is 0. The van der Waals surface area contributed by atoms with Crippen LogP contribution in [-0.2, 0) is 0 Å². The van der Waals surface area contributed by atoms with Crippen molar-refractivity contribution in [3.63, 3.8) is 0 Å². The molecular formula is C9H13NO. The quantitative estimate of drug-likeness (QED) is 0.654. The largest absolute Gasteiger partial charge is 0.329 e. The van der Waals surface area contributed by atoms with E-state index in [2.05, 4.69) is 11.6 Å². The summed E-state index contributed by atoms with van der Waals surface area (Å²) in [7, 11) is 0. The van der Waals surface area contributed by atoms with Crippen LogP contribution in [0.3, 0.4) is 0 Å². The lowest BCUT2D eigenvalue weighted by molar-refractivity contribution is 1.23. The molecule has 0 aromatic carbocycles. The van der Waals surface area contributed by atoms with Crippen molar-refractivity contribution in [2.75, 3.05) is 0 Å². The van der Waals surface area contributed by atoms with Gasteiger partial charge in [0.25, 0.3) is 0 Å². The summed E-state index contributed by atoms with van der Waals surface area (Å²) in [5.41, 5.74) is 0.756. The Kier molecular flexibility index (Phi) is 4.82. The van der Waals surface area contributed by atoms with Crippen molar-refractivity contribution in [2.45, 2.75) is 13.8 Å². The second-order valence-corrected chi connectivity index (χ2v) is 1.69. The van der Waals surface area contributed by atoms with E-state index in [0.717, 1.165) is 5.56 Å². The van der Waals surface area contributed by atoms with E-state index in [9.17, 15) is 4.79 Å². The Morgan fingerprint density at radius 1 is 1.55 bits per heavy atom. The molecule has 0 fully saturated rings. The molecular weight excluding hydrogens is 138 g/mol. The van der Waals surface area contributed by atoms with E-state index in [1.54, 1.807) is 18.3 Å². The fourth-order valence-corrected chi connectivity index (χ4v) is 0.588. The predicted octanol–water partition coefficient (Wildman–Crippen LogP) is 2.04. The first kappa shape index (κ1) is 9.69. The molecule has 1 rings (SSSR count). The van der Waals surface area contributed by atoms with Gasteiger partial charge >= 0.3 is 0 Å². The van der Waals surface area contributed by atoms with E-state index in [1.165, 1.54) is 6.07 Å². The molecule has 0 aliphatic carbocycles. The van der Waals surface area contributed by atoms with Crippen LogP contribution in [0.25, 0.3) is 6.08 Å². The fraction of sp³-hybridized carbons (Fsp3) is 0.222. The maximum absolute atomic E-state index is 10.5. The van der Waals surface area contributed by atoms with E-state index in [1.807, 2.05) is 13.8 Å². The normalized spacial score (nSPS) is 7.82. The summed E-state index contributed by atoms with van der Waals surface area (Å²) in [4.78, 5) is 13.0. The molecule has 0 spiro atoms. The van der Waals surface area contributed by atoms with E-state index in [-0.39, 0.29) is 5.56 Å². The lowest BCUT2D eigenvalue weighted by Gasteiger charge is -1.85. The summed E-state index contributed by atoms with van der Waals surface area (Å²) in [6, 6.07) is 3.28. The van der Waals surface area contributed by atoms with Crippen molar-refractivity contribution in [1.82, 2.24) is 4.98 Å². The zero-order valence-corrected chi connectivity index (χ0v) is 6.92. The molecule has 0 atom stereocenters. The highest BCUT2D eigenvalue weighted by Gasteiger charge is 1.82. The highest BCUT2D eigenvalue weighted by Crippen LogP contribution is 1.91. The summed E-state index contributed by atoms with van der Waals surface area (Å²) in [6.07, 6.45) is 3.23. The summed E-state index contributed by atoms with van der Waals surface area (Å²) in [5, 5.41) is 0. The molecule has 1 heterocycles. The van der Waals surface area contributed by atoms with Gasteiger partial charge in [0.1, 0.15) is 0 Å². The minimum absolute atomic E-state index is 0.0904. The van der Waals surface area contributed by atoms with Gasteiger partial charge in [0.2, 0.25) is 5.56 Å². The number of pyridine rings is 1. The molecule has 0 aliphatic rings. The van der Waals surface area contributed by atoms with Crippen LogP contribution >= 0.6 is 0 Å². The molecule has 11 heavy (non-hydrogen) atoms. The number of hydrogen-bond acceptors (Lipinski definition) is 1. The van der Waals surface area contributed by atoms with Crippen molar-refractivity contribution >= 4 is 6.08 Å². The molecule has 0 saturated heterocycles. The van der Waals surface area contributed by atoms with Crippen LogP contribution in [0.15, 0.2) is 29.7 Å². The predicted molar refractivity (Wildman–Crippen MR) is 48.5 cm³/mol. The minimum atomic E-state index is -0.0904. The molecule has 0 radical (unpaired) electrons. The smallest absolute Gasteiger partial charge is 0.248 e. The summed E-state index contributed by atoms with van der Waals surface area (Å²) in [6.45, 7) is 7.52. The van der Waals surface area contributed by atoms with E-state index in [4.69, 9.17) is 0 Å². The topological polar surface area (TPSA) is 32.9 Å². The molecule has 0 amide bonds. The Morgan fingerprint density at radius 3 is 2.55 bits per heavy atom. The summed E-state index contributed by atoms with van der Waals surface area (Å²) < 4.78 is 0. The molecule has 1 N–H and O–H groups in total. The number of aromatic amines is 1. The van der Waals surface area contributed by atoms with Crippen LogP contribution in [0, 0.1) is 0 Å². The number of hydrogen-bond donors (Lipinski definition) is 1. The third-order valence-electron chi connectivity index (χ3n) is 1.03. The number of nitrogens with one attached hydrogen (secondary N) is 1. The first-order chi connectivity index (χ1) is 5.33. The SMILES string of the molecule is C=Cc1cc[nH]c(=O)c1.CC. The van der Waals surface area contributed by atoms with Gasteiger partial charge < -0.3 is 4.98 Å². The van der Waals surface area contributed by atoms with E-state index >= 15 is 0 Å². The Bertz CT molecular complexity index is 262. The van der Waals surface area contributed by atoms with E-state index < -0.39 is 0 Å². The number of aromatic nitrogens is 1. The van der Waals surface area contributed by atoms with Crippen LogP contribution < -0.4 is 5.56 Å². The van der Waals surface area contributed by atoms with Gasteiger partial charge in [-0.2, -0.15) is 0 Å². The van der Waals surface area contributed by atoms with Crippen LogP contribution in [0.2, 0.25) is 0 Å². The van der Waals surface area contributed by atoms with Gasteiger partial charge in [0.05, 0.1) is 0 Å². The lowest BCUT2D eigenvalue weighted by Crippen LogP contribution is -2.01. The standard InChI is InChI=1S/C7H7NO.C2H6/c1-2-6-3-4-8-7(9)5-6;1-2/h2-5H,1H2,(H,8,9);1-2H3. The van der Waals surface area contributed by atoms with Gasteiger partial charge in [-0.15, -0.1) is 0 Å². The summed E-state index contributed by atoms with van der Waals surface area (Å²) in [5.74, 6) is 0. The Hall–Kier alpha value is -1.31. The first-order valence-corrected chi connectivity index (χ1v) is 3.64. The third-order valence-corrected chi connectivity index (χ3v) is 1.03. The molecule has 0 saturated carbocycles. The minimum Gasteiger partial charge on any atom is -0.329 e.